The van der Waals surface area contributed by atoms with Crippen LogP contribution in [-0.4, -0.2) is 32.4 Å². The number of rotatable bonds is 2. The van der Waals surface area contributed by atoms with E-state index < -0.39 is 0 Å². The normalized spacial score (nSPS) is 28.0. The zero-order chi connectivity index (χ0) is 16.0. The Balaban J connectivity index is 1.53. The lowest BCUT2D eigenvalue weighted by Crippen LogP contribution is -2.30. The number of imidazole rings is 1. The summed E-state index contributed by atoms with van der Waals surface area (Å²) in [7, 11) is 0. The zero-order valence-electron chi connectivity index (χ0n) is 14.0. The second kappa shape index (κ2) is 5.44. The molecule has 0 unspecified atom stereocenters. The molecule has 1 fully saturated rings. The molecule has 4 rings (SSSR count). The van der Waals surface area contributed by atoms with Crippen LogP contribution in [0.2, 0.25) is 0 Å². The summed E-state index contributed by atoms with van der Waals surface area (Å²) in [6.45, 7) is 8.37. The largest absolute Gasteiger partial charge is 0.377 e. The van der Waals surface area contributed by atoms with Crippen molar-refractivity contribution in [3.05, 3.63) is 29.9 Å². The standard InChI is InChI=1S/C17H24N4O2/c1-17(2,3)14-13(5-7-22-14)15-19-16(23-20-15)11-4-6-21-10-18-9-12(21)8-11/h9-11,13-14H,4-8H2,1-3H3/t11-,13-,14-/m0/s1. The molecule has 23 heavy (non-hydrogen) atoms. The van der Waals surface area contributed by atoms with Gasteiger partial charge in [0, 0.05) is 37.4 Å². The number of nitrogens with zero attached hydrogens (tertiary/aromatic N) is 4. The Hall–Kier alpha value is -1.69. The van der Waals surface area contributed by atoms with Crippen LogP contribution in [0.25, 0.3) is 0 Å². The average Bonchev–Trinajstić information content (AvgIpc) is 3.24. The molecule has 2 aliphatic rings. The summed E-state index contributed by atoms with van der Waals surface area (Å²) >= 11 is 0. The van der Waals surface area contributed by atoms with E-state index in [9.17, 15) is 0 Å². The molecule has 0 aromatic carbocycles. The van der Waals surface area contributed by atoms with Crippen LogP contribution in [0.5, 0.6) is 0 Å². The maximum atomic E-state index is 5.94. The second-order valence-electron chi connectivity index (χ2n) is 7.81. The SMILES string of the molecule is CC(C)(C)[C@H]1OCC[C@@H]1c1noc([C@H]2CCn3cncc3C2)n1. The molecule has 4 heterocycles. The maximum absolute atomic E-state index is 5.94. The van der Waals surface area contributed by atoms with Gasteiger partial charge in [0.1, 0.15) is 0 Å². The molecule has 2 aliphatic heterocycles. The van der Waals surface area contributed by atoms with Crippen molar-refractivity contribution in [2.45, 2.75) is 64.5 Å². The Morgan fingerprint density at radius 2 is 2.13 bits per heavy atom. The maximum Gasteiger partial charge on any atom is 0.230 e. The van der Waals surface area contributed by atoms with Crippen molar-refractivity contribution in [3.63, 3.8) is 0 Å². The number of ether oxygens (including phenoxy) is 1. The third-order valence-corrected chi connectivity index (χ3v) is 5.06. The van der Waals surface area contributed by atoms with Crippen LogP contribution in [-0.2, 0) is 17.7 Å². The fourth-order valence-electron chi connectivity index (χ4n) is 3.85. The van der Waals surface area contributed by atoms with Crippen molar-refractivity contribution < 1.29 is 9.26 Å². The zero-order valence-corrected chi connectivity index (χ0v) is 14.0. The van der Waals surface area contributed by atoms with Gasteiger partial charge in [0.25, 0.3) is 0 Å². The predicted octanol–water partition coefficient (Wildman–Crippen LogP) is 2.91. The lowest BCUT2D eigenvalue weighted by atomic mass is 9.81. The summed E-state index contributed by atoms with van der Waals surface area (Å²) < 4.78 is 13.8. The third kappa shape index (κ3) is 2.69. The van der Waals surface area contributed by atoms with E-state index in [-0.39, 0.29) is 17.4 Å². The van der Waals surface area contributed by atoms with Gasteiger partial charge in [-0.15, -0.1) is 0 Å². The molecule has 0 spiro atoms. The number of hydrogen-bond donors (Lipinski definition) is 0. The van der Waals surface area contributed by atoms with Gasteiger partial charge in [-0.2, -0.15) is 4.98 Å². The molecule has 0 bridgehead atoms. The molecule has 2 aromatic heterocycles. The monoisotopic (exact) mass is 316 g/mol. The first-order valence-electron chi connectivity index (χ1n) is 8.46. The molecule has 124 valence electrons. The van der Waals surface area contributed by atoms with Gasteiger partial charge >= 0.3 is 0 Å². The Kier molecular flexibility index (Phi) is 3.52. The Labute approximate surface area is 136 Å². The number of hydrogen-bond acceptors (Lipinski definition) is 5. The van der Waals surface area contributed by atoms with Crippen LogP contribution in [0.3, 0.4) is 0 Å². The van der Waals surface area contributed by atoms with E-state index in [1.165, 1.54) is 5.69 Å². The molecule has 0 aliphatic carbocycles. The highest BCUT2D eigenvalue weighted by atomic mass is 16.5. The number of fused-ring (bicyclic) bond motifs is 1. The topological polar surface area (TPSA) is 66.0 Å². The highest BCUT2D eigenvalue weighted by Crippen LogP contribution is 2.40. The molecule has 0 N–H and O–H groups in total. The summed E-state index contributed by atoms with van der Waals surface area (Å²) in [5.74, 6) is 2.13. The number of aromatic nitrogens is 4. The molecule has 3 atom stereocenters. The lowest BCUT2D eigenvalue weighted by molar-refractivity contribution is 0.0193. The quantitative estimate of drug-likeness (QED) is 0.852. The van der Waals surface area contributed by atoms with Crippen molar-refractivity contribution in [3.8, 4) is 0 Å². The fourth-order valence-corrected chi connectivity index (χ4v) is 3.85. The first-order chi connectivity index (χ1) is 11.0. The van der Waals surface area contributed by atoms with Gasteiger partial charge in [0.05, 0.1) is 18.3 Å². The van der Waals surface area contributed by atoms with Gasteiger partial charge in [0.2, 0.25) is 5.89 Å². The van der Waals surface area contributed by atoms with Gasteiger partial charge in [-0.3, -0.25) is 0 Å². The molecular formula is C17H24N4O2. The van der Waals surface area contributed by atoms with Crippen LogP contribution in [0.15, 0.2) is 17.0 Å². The lowest BCUT2D eigenvalue weighted by Gasteiger charge is -2.29. The van der Waals surface area contributed by atoms with E-state index in [2.05, 4.69) is 35.5 Å². The van der Waals surface area contributed by atoms with Crippen molar-refractivity contribution in [2.75, 3.05) is 6.61 Å². The predicted molar refractivity (Wildman–Crippen MR) is 84.1 cm³/mol. The highest BCUT2D eigenvalue weighted by Gasteiger charge is 2.41. The van der Waals surface area contributed by atoms with Crippen LogP contribution in [0.4, 0.5) is 0 Å². The van der Waals surface area contributed by atoms with Crippen LogP contribution >= 0.6 is 0 Å². The molecule has 6 nitrogen and oxygen atoms in total. The van der Waals surface area contributed by atoms with Crippen molar-refractivity contribution in [1.82, 2.24) is 19.7 Å². The van der Waals surface area contributed by atoms with E-state index >= 15 is 0 Å². The molecule has 0 radical (unpaired) electrons. The van der Waals surface area contributed by atoms with Crippen molar-refractivity contribution >= 4 is 0 Å². The van der Waals surface area contributed by atoms with Gasteiger partial charge in [-0.25, -0.2) is 4.98 Å². The average molecular weight is 316 g/mol. The van der Waals surface area contributed by atoms with E-state index in [4.69, 9.17) is 14.2 Å². The fraction of sp³-hybridized carbons (Fsp3) is 0.706. The highest BCUT2D eigenvalue weighted by molar-refractivity contribution is 5.11. The minimum Gasteiger partial charge on any atom is -0.377 e. The molecule has 1 saturated heterocycles. The van der Waals surface area contributed by atoms with Crippen LogP contribution in [0.1, 0.15) is 62.9 Å². The molecule has 0 amide bonds. The molecule has 0 saturated carbocycles. The number of aryl methyl sites for hydroxylation is 1. The summed E-state index contributed by atoms with van der Waals surface area (Å²) in [5.41, 5.74) is 1.33. The van der Waals surface area contributed by atoms with E-state index in [1.807, 2.05) is 12.5 Å². The van der Waals surface area contributed by atoms with Gasteiger partial charge in [-0.05, 0) is 18.3 Å². The van der Waals surface area contributed by atoms with Crippen molar-refractivity contribution in [2.24, 2.45) is 5.41 Å². The van der Waals surface area contributed by atoms with Gasteiger partial charge < -0.3 is 13.8 Å². The minimum atomic E-state index is 0.0826. The van der Waals surface area contributed by atoms with E-state index in [0.717, 1.165) is 44.1 Å². The van der Waals surface area contributed by atoms with E-state index in [0.29, 0.717) is 5.92 Å². The molecule has 2 aromatic rings. The van der Waals surface area contributed by atoms with Crippen molar-refractivity contribution in [1.29, 1.82) is 0 Å². The first kappa shape index (κ1) is 14.9. The Morgan fingerprint density at radius 3 is 2.96 bits per heavy atom. The second-order valence-corrected chi connectivity index (χ2v) is 7.81. The Morgan fingerprint density at radius 1 is 1.26 bits per heavy atom. The summed E-state index contributed by atoms with van der Waals surface area (Å²) in [5, 5.41) is 4.29. The third-order valence-electron chi connectivity index (χ3n) is 5.06. The summed E-state index contributed by atoms with van der Waals surface area (Å²) in [6, 6.07) is 0. The molecule has 6 heteroatoms. The Bertz CT molecular complexity index is 685. The smallest absolute Gasteiger partial charge is 0.230 e. The van der Waals surface area contributed by atoms with Gasteiger partial charge in [0.15, 0.2) is 5.82 Å². The summed E-state index contributed by atoms with van der Waals surface area (Å²) in [6.07, 6.45) is 6.90. The van der Waals surface area contributed by atoms with Crippen LogP contribution in [0, 0.1) is 5.41 Å². The van der Waals surface area contributed by atoms with Crippen LogP contribution < -0.4 is 0 Å². The van der Waals surface area contributed by atoms with Gasteiger partial charge in [-0.1, -0.05) is 25.9 Å². The first-order valence-corrected chi connectivity index (χ1v) is 8.46. The summed E-state index contributed by atoms with van der Waals surface area (Å²) in [4.78, 5) is 8.97. The minimum absolute atomic E-state index is 0.0826. The molecular weight excluding hydrogens is 292 g/mol. The van der Waals surface area contributed by atoms with E-state index in [1.54, 1.807) is 0 Å².